The molecule has 0 bridgehead atoms. The molecule has 0 radical (unpaired) electrons. The normalized spacial score (nSPS) is 12.8. The number of hydrogen-bond acceptors (Lipinski definition) is 6. The highest BCUT2D eigenvalue weighted by Gasteiger charge is 2.29. The van der Waals surface area contributed by atoms with E-state index in [1.807, 2.05) is 0 Å². The van der Waals surface area contributed by atoms with Crippen molar-refractivity contribution in [3.63, 3.8) is 0 Å². The van der Waals surface area contributed by atoms with E-state index in [4.69, 9.17) is 15.2 Å². The first-order chi connectivity index (χ1) is 12.7. The van der Waals surface area contributed by atoms with Crippen LogP contribution < -0.4 is 11.1 Å². The lowest BCUT2D eigenvalue weighted by Gasteiger charge is -2.25. The Hall–Kier alpha value is -2.64. The van der Waals surface area contributed by atoms with Gasteiger partial charge in [0.05, 0.1) is 5.56 Å². The molecule has 1 aromatic carbocycles. The zero-order chi connectivity index (χ0) is 21.7. The van der Waals surface area contributed by atoms with Gasteiger partial charge in [0, 0.05) is 12.1 Å². The summed E-state index contributed by atoms with van der Waals surface area (Å²) in [5.74, 6) is -2.86. The number of rotatable bonds is 6. The highest BCUT2D eigenvalue weighted by Crippen LogP contribution is 2.16. The molecule has 0 saturated carbocycles. The van der Waals surface area contributed by atoms with Crippen LogP contribution in [0.1, 0.15) is 64.7 Å². The van der Waals surface area contributed by atoms with E-state index in [9.17, 15) is 18.8 Å². The molecule has 7 nitrogen and oxygen atoms in total. The fourth-order valence-corrected chi connectivity index (χ4v) is 2.23. The summed E-state index contributed by atoms with van der Waals surface area (Å²) >= 11 is 0. The number of hydrogen-bond donors (Lipinski definition) is 2. The Morgan fingerprint density at radius 2 is 1.64 bits per heavy atom. The van der Waals surface area contributed by atoms with Gasteiger partial charge in [-0.25, -0.2) is 9.18 Å². The highest BCUT2D eigenvalue weighted by atomic mass is 19.1. The third kappa shape index (κ3) is 8.37. The van der Waals surface area contributed by atoms with Crippen molar-refractivity contribution in [1.82, 2.24) is 5.32 Å². The van der Waals surface area contributed by atoms with E-state index in [0.717, 1.165) is 6.07 Å². The van der Waals surface area contributed by atoms with Crippen molar-refractivity contribution >= 4 is 23.5 Å². The summed E-state index contributed by atoms with van der Waals surface area (Å²) in [6.45, 7) is 10.2. The molecule has 0 heterocycles. The molecule has 1 amide bonds. The van der Waals surface area contributed by atoms with Gasteiger partial charge in [-0.15, -0.1) is 0 Å². The first kappa shape index (κ1) is 23.4. The van der Waals surface area contributed by atoms with Gasteiger partial charge >= 0.3 is 11.9 Å². The van der Waals surface area contributed by atoms with Gasteiger partial charge < -0.3 is 20.5 Å². The average molecular weight is 396 g/mol. The van der Waals surface area contributed by atoms with Crippen LogP contribution in [-0.4, -0.2) is 35.1 Å². The Balaban J connectivity index is 2.92. The second-order valence-electron chi connectivity index (χ2n) is 8.42. The number of benzene rings is 1. The molecule has 3 N–H and O–H groups in total. The van der Waals surface area contributed by atoms with Crippen LogP contribution in [0.5, 0.6) is 0 Å². The van der Waals surface area contributed by atoms with Crippen molar-refractivity contribution in [2.45, 2.75) is 71.6 Å². The molecule has 0 fully saturated rings. The molecule has 0 spiro atoms. The maximum absolute atomic E-state index is 14.0. The van der Waals surface area contributed by atoms with Gasteiger partial charge in [0.15, 0.2) is 0 Å². The number of carbonyl (C=O) groups is 3. The van der Waals surface area contributed by atoms with E-state index in [0.29, 0.717) is 0 Å². The molecule has 0 saturated heterocycles. The van der Waals surface area contributed by atoms with Crippen molar-refractivity contribution in [2.75, 3.05) is 5.73 Å². The molecule has 156 valence electrons. The van der Waals surface area contributed by atoms with E-state index >= 15 is 0 Å². The molecule has 0 aliphatic rings. The number of amides is 1. The van der Waals surface area contributed by atoms with Gasteiger partial charge in [-0.1, -0.05) is 0 Å². The third-order valence-electron chi connectivity index (χ3n) is 3.29. The molecule has 8 heteroatoms. The van der Waals surface area contributed by atoms with E-state index < -0.39 is 40.9 Å². The Morgan fingerprint density at radius 1 is 1.07 bits per heavy atom. The van der Waals surface area contributed by atoms with E-state index in [1.165, 1.54) is 12.1 Å². The molecular formula is C20H29FN2O5. The summed E-state index contributed by atoms with van der Waals surface area (Å²) in [4.78, 5) is 36.8. The number of halogens is 1. The summed E-state index contributed by atoms with van der Waals surface area (Å²) in [5.41, 5.74) is 3.92. The molecule has 1 rings (SSSR count). The van der Waals surface area contributed by atoms with Crippen molar-refractivity contribution in [1.29, 1.82) is 0 Å². The van der Waals surface area contributed by atoms with Gasteiger partial charge in [0.2, 0.25) is 0 Å². The zero-order valence-electron chi connectivity index (χ0n) is 17.2. The van der Waals surface area contributed by atoms with Crippen LogP contribution in [0, 0.1) is 5.82 Å². The highest BCUT2D eigenvalue weighted by molar-refractivity contribution is 5.97. The zero-order valence-corrected chi connectivity index (χ0v) is 17.2. The molecule has 28 heavy (non-hydrogen) atoms. The van der Waals surface area contributed by atoms with Crippen molar-refractivity contribution in [3.8, 4) is 0 Å². The van der Waals surface area contributed by atoms with Crippen LogP contribution in [0.4, 0.5) is 10.1 Å². The monoisotopic (exact) mass is 396 g/mol. The van der Waals surface area contributed by atoms with Crippen LogP contribution in [0.25, 0.3) is 0 Å². The Bertz CT molecular complexity index is 735. The molecule has 0 unspecified atom stereocenters. The standard InChI is InChI=1S/C20H29FN2O5/c1-19(2,3)27-16(24)10-9-15(18(26)28-20(4,5)6)23-17(25)13-8-7-12(22)11-14(13)21/h7-8,11,15H,9-10,22H2,1-6H3,(H,23,25)/t15-/m0/s1. The predicted molar refractivity (Wildman–Crippen MR) is 103 cm³/mol. The van der Waals surface area contributed by atoms with Crippen LogP contribution >= 0.6 is 0 Å². The molecule has 1 aromatic rings. The van der Waals surface area contributed by atoms with E-state index in [-0.39, 0.29) is 24.1 Å². The average Bonchev–Trinajstić information content (AvgIpc) is 2.47. The van der Waals surface area contributed by atoms with Gasteiger partial charge in [0.1, 0.15) is 23.1 Å². The lowest BCUT2D eigenvalue weighted by atomic mass is 10.1. The molecule has 0 aromatic heterocycles. The van der Waals surface area contributed by atoms with Crippen LogP contribution in [0.15, 0.2) is 18.2 Å². The maximum Gasteiger partial charge on any atom is 0.329 e. The number of nitrogen functional groups attached to an aromatic ring is 1. The summed E-state index contributed by atoms with van der Waals surface area (Å²) < 4.78 is 24.5. The van der Waals surface area contributed by atoms with Crippen molar-refractivity contribution in [3.05, 3.63) is 29.6 Å². The second kappa shape index (κ2) is 9.03. The van der Waals surface area contributed by atoms with Gasteiger partial charge in [-0.2, -0.15) is 0 Å². The van der Waals surface area contributed by atoms with Crippen LogP contribution in [-0.2, 0) is 19.1 Å². The quantitative estimate of drug-likeness (QED) is 0.565. The molecular weight excluding hydrogens is 367 g/mol. The van der Waals surface area contributed by atoms with Crippen LogP contribution in [0.3, 0.4) is 0 Å². The number of ether oxygens (including phenoxy) is 2. The summed E-state index contributed by atoms with van der Waals surface area (Å²) in [6, 6.07) is 2.47. The topological polar surface area (TPSA) is 108 Å². The molecule has 0 aliphatic heterocycles. The third-order valence-corrected chi connectivity index (χ3v) is 3.29. The van der Waals surface area contributed by atoms with E-state index in [1.54, 1.807) is 41.5 Å². The number of carbonyl (C=O) groups excluding carboxylic acids is 3. The fraction of sp³-hybridized carbons (Fsp3) is 0.550. The summed E-state index contributed by atoms with van der Waals surface area (Å²) in [6.07, 6.45) is -0.169. The first-order valence-electron chi connectivity index (χ1n) is 8.98. The Kier molecular flexibility index (Phi) is 7.55. The minimum absolute atomic E-state index is 0.0494. The second-order valence-corrected chi connectivity index (χ2v) is 8.42. The number of nitrogens with one attached hydrogen (secondary N) is 1. The number of esters is 2. The first-order valence-corrected chi connectivity index (χ1v) is 8.98. The summed E-state index contributed by atoms with van der Waals surface area (Å²) in [5, 5.41) is 2.43. The van der Waals surface area contributed by atoms with Crippen molar-refractivity contribution < 1.29 is 28.2 Å². The summed E-state index contributed by atoms with van der Waals surface area (Å²) in [7, 11) is 0. The smallest absolute Gasteiger partial charge is 0.329 e. The maximum atomic E-state index is 14.0. The molecule has 0 aliphatic carbocycles. The fourth-order valence-electron chi connectivity index (χ4n) is 2.23. The lowest BCUT2D eigenvalue weighted by Crippen LogP contribution is -2.44. The largest absolute Gasteiger partial charge is 0.460 e. The predicted octanol–water partition coefficient (Wildman–Crippen LogP) is 2.97. The minimum Gasteiger partial charge on any atom is -0.460 e. The number of anilines is 1. The van der Waals surface area contributed by atoms with Crippen LogP contribution in [0.2, 0.25) is 0 Å². The SMILES string of the molecule is CC(C)(C)OC(=O)CC[C@H](NC(=O)c1ccc(N)cc1F)C(=O)OC(C)(C)C. The minimum atomic E-state index is -1.14. The van der Waals surface area contributed by atoms with E-state index in [2.05, 4.69) is 5.32 Å². The lowest BCUT2D eigenvalue weighted by molar-refractivity contribution is -0.158. The number of nitrogens with two attached hydrogens (primary N) is 1. The van der Waals surface area contributed by atoms with Gasteiger partial charge in [-0.05, 0) is 66.2 Å². The van der Waals surface area contributed by atoms with Gasteiger partial charge in [-0.3, -0.25) is 9.59 Å². The molecule has 1 atom stereocenters. The Labute approximate surface area is 164 Å². The van der Waals surface area contributed by atoms with Gasteiger partial charge in [0.25, 0.3) is 5.91 Å². The van der Waals surface area contributed by atoms with Crippen molar-refractivity contribution in [2.24, 2.45) is 0 Å². The Morgan fingerprint density at radius 3 is 2.14 bits per heavy atom.